The van der Waals surface area contributed by atoms with Crippen molar-refractivity contribution in [1.82, 2.24) is 19.1 Å². The maximum Gasteiger partial charge on any atom is 0.354 e. The number of aromatic carboxylic acids is 1. The third-order valence-electron chi connectivity index (χ3n) is 5.27. The highest BCUT2D eigenvalue weighted by Gasteiger charge is 2.12. The molecule has 0 aliphatic heterocycles. The normalized spacial score (nSPS) is 11.5. The quantitative estimate of drug-likeness (QED) is 0.409. The van der Waals surface area contributed by atoms with Gasteiger partial charge in [-0.1, -0.05) is 35.9 Å². The van der Waals surface area contributed by atoms with Crippen LogP contribution in [0.2, 0.25) is 0 Å². The molecule has 2 aromatic carbocycles. The molecule has 0 unspecified atom stereocenters. The summed E-state index contributed by atoms with van der Waals surface area (Å²) in [5, 5.41) is 9.05. The number of aromatic nitrogens is 4. The molecule has 0 amide bonds. The van der Waals surface area contributed by atoms with E-state index in [1.165, 1.54) is 34.9 Å². The van der Waals surface area contributed by atoms with Crippen LogP contribution < -0.4 is 21.7 Å². The molecule has 36 heavy (non-hydrogen) atoms. The van der Waals surface area contributed by atoms with E-state index in [4.69, 9.17) is 9.84 Å². The first-order valence-electron chi connectivity index (χ1n) is 11.0. The van der Waals surface area contributed by atoms with E-state index in [2.05, 4.69) is 15.0 Å². The molecule has 2 heterocycles. The lowest BCUT2D eigenvalue weighted by atomic mass is 10.1. The Morgan fingerprint density at radius 2 is 1.86 bits per heavy atom. The summed E-state index contributed by atoms with van der Waals surface area (Å²) in [6.45, 7) is 3.94. The molecule has 0 fully saturated rings. The van der Waals surface area contributed by atoms with Gasteiger partial charge in [-0.05, 0) is 37.6 Å². The van der Waals surface area contributed by atoms with Crippen molar-refractivity contribution < 1.29 is 19.0 Å². The zero-order valence-corrected chi connectivity index (χ0v) is 19.4. The molecular weight excluding hydrogens is 469 g/mol. The molecule has 11 heteroatoms. The molecule has 0 saturated carbocycles. The number of rotatable bonds is 7. The van der Waals surface area contributed by atoms with Crippen LogP contribution in [0.25, 0.3) is 0 Å². The van der Waals surface area contributed by atoms with Crippen LogP contribution in [0.15, 0.2) is 75.2 Å². The number of carboxylic acid groups (broad SMARTS) is 1. The molecular formula is C25H22FN5O5. The van der Waals surface area contributed by atoms with Crippen molar-refractivity contribution in [3.63, 3.8) is 0 Å². The van der Waals surface area contributed by atoms with Crippen molar-refractivity contribution in [2.75, 3.05) is 0 Å². The van der Waals surface area contributed by atoms with Gasteiger partial charge in [0.2, 0.25) is 11.5 Å². The number of carbonyl (C=O) groups is 1. The Labute approximate surface area is 203 Å². The number of benzene rings is 2. The molecule has 0 spiro atoms. The average molecular weight is 491 g/mol. The Balaban J connectivity index is 1.73. The molecule has 0 saturated heterocycles. The minimum absolute atomic E-state index is 0.0424. The van der Waals surface area contributed by atoms with Crippen LogP contribution in [0.5, 0.6) is 11.6 Å². The van der Waals surface area contributed by atoms with Crippen molar-refractivity contribution >= 4 is 11.7 Å². The van der Waals surface area contributed by atoms with Gasteiger partial charge in [0.25, 0.3) is 0 Å². The van der Waals surface area contributed by atoms with Crippen LogP contribution in [0, 0.1) is 12.7 Å². The van der Waals surface area contributed by atoms with E-state index in [1.807, 2.05) is 31.2 Å². The first kappa shape index (κ1) is 24.3. The third kappa shape index (κ3) is 5.30. The molecule has 10 nitrogen and oxygen atoms in total. The number of aryl methyl sites for hydroxylation is 1. The Hall–Kier alpha value is -4.80. The maximum absolute atomic E-state index is 14.8. The Morgan fingerprint density at radius 1 is 1.11 bits per heavy atom. The fourth-order valence-electron chi connectivity index (χ4n) is 3.41. The third-order valence-corrected chi connectivity index (χ3v) is 5.27. The lowest BCUT2D eigenvalue weighted by molar-refractivity contribution is 0.0689. The number of H-pyrrole nitrogens is 1. The minimum atomic E-state index is -1.24. The van der Waals surface area contributed by atoms with Gasteiger partial charge in [0.1, 0.15) is 0 Å². The minimum Gasteiger partial charge on any atom is -0.477 e. The van der Waals surface area contributed by atoms with Crippen molar-refractivity contribution in [3.05, 3.63) is 110 Å². The van der Waals surface area contributed by atoms with E-state index in [1.54, 1.807) is 6.92 Å². The highest BCUT2D eigenvalue weighted by molar-refractivity contribution is 5.85. The zero-order chi connectivity index (χ0) is 25.8. The highest BCUT2D eigenvalue weighted by Crippen LogP contribution is 2.26. The van der Waals surface area contributed by atoms with Gasteiger partial charge in [0, 0.05) is 18.7 Å². The summed E-state index contributed by atoms with van der Waals surface area (Å²) < 4.78 is 22.5. The number of hydrogen-bond donors (Lipinski definition) is 2. The lowest BCUT2D eigenvalue weighted by Gasteiger charge is -2.10. The second-order valence-electron chi connectivity index (χ2n) is 7.85. The fraction of sp³-hybridized carbons (Fsp3) is 0.160. The van der Waals surface area contributed by atoms with Crippen LogP contribution in [0.3, 0.4) is 0 Å². The molecule has 2 N–H and O–H groups in total. The van der Waals surface area contributed by atoms with Gasteiger partial charge in [0.15, 0.2) is 17.3 Å². The molecule has 4 rings (SSSR count). The summed E-state index contributed by atoms with van der Waals surface area (Å²) in [4.78, 5) is 47.2. The number of pyridine rings is 1. The SMILES string of the molecule is CCn1c(=O)[nH]/c(=N\c2ccc(Oc3cccc(C(=O)O)n3)c(F)c2)n(Cc2ccc(C)cc2)c1=O. The first-order valence-corrected chi connectivity index (χ1v) is 11.0. The largest absolute Gasteiger partial charge is 0.477 e. The highest BCUT2D eigenvalue weighted by atomic mass is 19.1. The fourth-order valence-corrected chi connectivity index (χ4v) is 3.41. The zero-order valence-electron chi connectivity index (χ0n) is 19.4. The summed E-state index contributed by atoms with van der Waals surface area (Å²) in [5.41, 5.74) is 0.525. The van der Waals surface area contributed by atoms with Gasteiger partial charge in [0.05, 0.1) is 12.2 Å². The second kappa shape index (κ2) is 10.2. The Bertz CT molecular complexity index is 1620. The number of carboxylic acids is 1. The molecule has 0 aliphatic carbocycles. The van der Waals surface area contributed by atoms with Crippen LogP contribution in [-0.2, 0) is 13.1 Å². The van der Waals surface area contributed by atoms with E-state index in [0.717, 1.165) is 21.8 Å². The van der Waals surface area contributed by atoms with Gasteiger partial charge in [-0.2, -0.15) is 0 Å². The Morgan fingerprint density at radius 3 is 2.53 bits per heavy atom. The van der Waals surface area contributed by atoms with Gasteiger partial charge >= 0.3 is 17.3 Å². The number of nitrogens with zero attached hydrogens (tertiary/aromatic N) is 4. The van der Waals surface area contributed by atoms with E-state index in [-0.39, 0.29) is 41.7 Å². The lowest BCUT2D eigenvalue weighted by Crippen LogP contribution is -2.49. The summed E-state index contributed by atoms with van der Waals surface area (Å²) in [6, 6.07) is 15.4. The number of nitrogens with one attached hydrogen (secondary N) is 1. The van der Waals surface area contributed by atoms with Gasteiger partial charge in [-0.15, -0.1) is 0 Å². The van der Waals surface area contributed by atoms with Crippen molar-refractivity contribution in [2.45, 2.75) is 26.9 Å². The molecule has 2 aromatic heterocycles. The number of hydrogen-bond acceptors (Lipinski definition) is 6. The molecule has 4 aromatic rings. The molecule has 0 radical (unpaired) electrons. The van der Waals surface area contributed by atoms with Crippen LogP contribution in [-0.4, -0.2) is 30.2 Å². The van der Waals surface area contributed by atoms with Crippen LogP contribution in [0.4, 0.5) is 10.1 Å². The molecule has 0 bridgehead atoms. The summed E-state index contributed by atoms with van der Waals surface area (Å²) in [5.74, 6) is -2.34. The predicted octanol–water partition coefficient (Wildman–Crippen LogP) is 2.97. The monoisotopic (exact) mass is 491 g/mol. The summed E-state index contributed by atoms with van der Waals surface area (Å²) >= 11 is 0. The number of halogens is 1. The van der Waals surface area contributed by atoms with E-state index < -0.39 is 23.2 Å². The first-order chi connectivity index (χ1) is 17.2. The second-order valence-corrected chi connectivity index (χ2v) is 7.85. The topological polar surface area (TPSA) is 132 Å². The molecule has 0 aliphatic rings. The van der Waals surface area contributed by atoms with Crippen LogP contribution in [0.1, 0.15) is 28.5 Å². The summed E-state index contributed by atoms with van der Waals surface area (Å²) in [7, 11) is 0. The van der Waals surface area contributed by atoms with Crippen molar-refractivity contribution in [2.24, 2.45) is 4.99 Å². The van der Waals surface area contributed by atoms with E-state index in [9.17, 15) is 18.8 Å². The maximum atomic E-state index is 14.8. The van der Waals surface area contributed by atoms with Gasteiger partial charge in [-0.25, -0.2) is 33.3 Å². The average Bonchev–Trinajstić information content (AvgIpc) is 2.85. The number of ether oxygens (including phenoxy) is 1. The van der Waals surface area contributed by atoms with Gasteiger partial charge in [-0.3, -0.25) is 9.55 Å². The standard InChI is InChI=1S/C25H22FN5O5/c1-3-30-24(34)29-23(31(25(30)35)14-16-9-7-15(2)8-10-16)27-17-11-12-20(18(26)13-17)36-21-6-4-5-19(28-21)22(32)33/h4-13H,3,14H2,1-2H3,(H,32,33)(H,27,29,34). The summed E-state index contributed by atoms with van der Waals surface area (Å²) in [6.07, 6.45) is 0. The van der Waals surface area contributed by atoms with Crippen molar-refractivity contribution in [1.29, 1.82) is 0 Å². The van der Waals surface area contributed by atoms with Crippen LogP contribution >= 0.6 is 0 Å². The van der Waals surface area contributed by atoms with E-state index in [0.29, 0.717) is 0 Å². The Kier molecular flexibility index (Phi) is 6.91. The number of aromatic amines is 1. The predicted molar refractivity (Wildman–Crippen MR) is 128 cm³/mol. The van der Waals surface area contributed by atoms with Gasteiger partial charge < -0.3 is 9.84 Å². The smallest absolute Gasteiger partial charge is 0.354 e. The van der Waals surface area contributed by atoms with Crippen molar-refractivity contribution in [3.8, 4) is 11.6 Å². The molecule has 0 atom stereocenters. The molecule has 184 valence electrons. The van der Waals surface area contributed by atoms with E-state index >= 15 is 0 Å².